The molecule has 1 fully saturated rings. The number of hydrogen-bond acceptors (Lipinski definition) is 4. The van der Waals surface area contributed by atoms with Crippen molar-refractivity contribution in [1.29, 1.82) is 0 Å². The van der Waals surface area contributed by atoms with Crippen molar-refractivity contribution in [3.05, 3.63) is 29.8 Å². The third kappa shape index (κ3) is 3.91. The van der Waals surface area contributed by atoms with E-state index >= 15 is 0 Å². The Bertz CT molecular complexity index is 504. The van der Waals surface area contributed by atoms with Gasteiger partial charge in [0.1, 0.15) is 11.8 Å². The molecular formula is C15H20N2O3S. The molecule has 5 nitrogen and oxygen atoms in total. The molecule has 6 heteroatoms. The van der Waals surface area contributed by atoms with Crippen LogP contribution < -0.4 is 10.1 Å². The average Bonchev–Trinajstić information content (AvgIpc) is 2.51. The number of piperazine rings is 1. The number of amides is 2. The zero-order valence-corrected chi connectivity index (χ0v) is 13.1. The van der Waals surface area contributed by atoms with Crippen molar-refractivity contribution in [2.75, 3.05) is 25.7 Å². The van der Waals surface area contributed by atoms with E-state index in [0.29, 0.717) is 13.0 Å². The number of methoxy groups -OCH3 is 1. The molecule has 114 valence electrons. The van der Waals surface area contributed by atoms with E-state index in [9.17, 15) is 9.59 Å². The van der Waals surface area contributed by atoms with Crippen molar-refractivity contribution >= 4 is 23.6 Å². The van der Waals surface area contributed by atoms with Crippen LogP contribution >= 0.6 is 11.8 Å². The smallest absolute Gasteiger partial charge is 0.243 e. The number of carbonyl (C=O) groups excluding carboxylic acids is 2. The summed E-state index contributed by atoms with van der Waals surface area (Å²) in [4.78, 5) is 25.8. The highest BCUT2D eigenvalue weighted by Crippen LogP contribution is 2.18. The van der Waals surface area contributed by atoms with Crippen LogP contribution in [-0.2, 0) is 16.1 Å². The fourth-order valence-corrected chi connectivity index (χ4v) is 2.80. The fourth-order valence-electron chi connectivity index (χ4n) is 2.34. The number of hydrogen-bond donors (Lipinski definition) is 1. The molecule has 1 aromatic rings. The second kappa shape index (κ2) is 7.36. The Morgan fingerprint density at radius 1 is 1.33 bits per heavy atom. The summed E-state index contributed by atoms with van der Waals surface area (Å²) in [7, 11) is 1.62. The zero-order valence-electron chi connectivity index (χ0n) is 12.3. The van der Waals surface area contributed by atoms with Gasteiger partial charge in [-0.05, 0) is 36.1 Å². The minimum Gasteiger partial charge on any atom is -0.497 e. The van der Waals surface area contributed by atoms with Crippen LogP contribution in [0.5, 0.6) is 5.75 Å². The van der Waals surface area contributed by atoms with Crippen molar-refractivity contribution in [3.8, 4) is 5.75 Å². The highest BCUT2D eigenvalue weighted by atomic mass is 32.2. The van der Waals surface area contributed by atoms with Crippen molar-refractivity contribution in [2.24, 2.45) is 0 Å². The van der Waals surface area contributed by atoms with E-state index in [0.717, 1.165) is 17.1 Å². The largest absolute Gasteiger partial charge is 0.497 e. The first-order valence-corrected chi connectivity index (χ1v) is 8.24. The van der Waals surface area contributed by atoms with Crippen LogP contribution in [0.3, 0.4) is 0 Å². The van der Waals surface area contributed by atoms with Gasteiger partial charge in [0.15, 0.2) is 0 Å². The standard InChI is InChI=1S/C15H20N2O3S/c1-20-12-5-3-11(4-6-12)10-17-13(7-8-21-2)15(19)16-9-14(17)18/h3-6,13H,7-10H2,1-2H3,(H,16,19)/t13-/m1/s1. The van der Waals surface area contributed by atoms with E-state index in [4.69, 9.17) is 4.74 Å². The second-order valence-electron chi connectivity index (χ2n) is 4.88. The molecule has 1 atom stereocenters. The van der Waals surface area contributed by atoms with E-state index < -0.39 is 0 Å². The summed E-state index contributed by atoms with van der Waals surface area (Å²) < 4.78 is 5.12. The SMILES string of the molecule is COc1ccc(CN2C(=O)CNC(=O)[C@H]2CCSC)cc1. The van der Waals surface area contributed by atoms with Crippen molar-refractivity contribution in [1.82, 2.24) is 10.2 Å². The summed E-state index contributed by atoms with van der Waals surface area (Å²) in [6, 6.07) is 7.19. The van der Waals surface area contributed by atoms with Gasteiger partial charge in [-0.2, -0.15) is 11.8 Å². The Kier molecular flexibility index (Phi) is 5.50. The molecule has 0 unspecified atom stereocenters. The van der Waals surface area contributed by atoms with E-state index in [1.54, 1.807) is 23.8 Å². The molecule has 0 radical (unpaired) electrons. The number of nitrogens with zero attached hydrogens (tertiary/aromatic N) is 1. The van der Waals surface area contributed by atoms with Crippen molar-refractivity contribution in [2.45, 2.75) is 19.0 Å². The first-order valence-electron chi connectivity index (χ1n) is 6.84. The van der Waals surface area contributed by atoms with Crippen LogP contribution in [0, 0.1) is 0 Å². The Morgan fingerprint density at radius 3 is 2.67 bits per heavy atom. The minimum absolute atomic E-state index is 0.0310. The molecule has 1 aromatic carbocycles. The summed E-state index contributed by atoms with van der Waals surface area (Å²) in [5.74, 6) is 1.54. The zero-order chi connectivity index (χ0) is 15.2. The van der Waals surface area contributed by atoms with Gasteiger partial charge in [-0.25, -0.2) is 0 Å². The number of rotatable bonds is 6. The Morgan fingerprint density at radius 2 is 2.05 bits per heavy atom. The molecule has 1 aliphatic heterocycles. The average molecular weight is 308 g/mol. The predicted molar refractivity (Wildman–Crippen MR) is 83.3 cm³/mol. The van der Waals surface area contributed by atoms with Crippen LogP contribution in [0.4, 0.5) is 0 Å². The molecule has 0 bridgehead atoms. The quantitative estimate of drug-likeness (QED) is 0.860. The lowest BCUT2D eigenvalue weighted by Crippen LogP contribution is -2.58. The Hall–Kier alpha value is -1.69. The van der Waals surface area contributed by atoms with Crippen LogP contribution in [0.25, 0.3) is 0 Å². The first-order chi connectivity index (χ1) is 10.2. The summed E-state index contributed by atoms with van der Waals surface area (Å²) in [5, 5.41) is 2.67. The van der Waals surface area contributed by atoms with Gasteiger partial charge in [0.25, 0.3) is 0 Å². The van der Waals surface area contributed by atoms with E-state index in [1.807, 2.05) is 30.5 Å². The normalized spacial score (nSPS) is 18.6. The number of carbonyl (C=O) groups is 2. The number of ether oxygens (including phenoxy) is 1. The predicted octanol–water partition coefficient (Wildman–Crippen LogP) is 1.28. The van der Waals surface area contributed by atoms with E-state index in [2.05, 4.69) is 5.32 Å². The summed E-state index contributed by atoms with van der Waals surface area (Å²) >= 11 is 1.68. The molecule has 21 heavy (non-hydrogen) atoms. The number of benzene rings is 1. The Balaban J connectivity index is 2.11. The molecule has 0 aromatic heterocycles. The van der Waals surface area contributed by atoms with Gasteiger partial charge in [-0.3, -0.25) is 9.59 Å². The molecule has 1 heterocycles. The third-order valence-electron chi connectivity index (χ3n) is 3.52. The third-order valence-corrected chi connectivity index (χ3v) is 4.16. The first kappa shape index (κ1) is 15.7. The van der Waals surface area contributed by atoms with Gasteiger partial charge >= 0.3 is 0 Å². The summed E-state index contributed by atoms with van der Waals surface area (Å²) in [5.41, 5.74) is 0.994. The van der Waals surface area contributed by atoms with Crippen LogP contribution in [-0.4, -0.2) is 48.4 Å². The molecule has 1 saturated heterocycles. The second-order valence-corrected chi connectivity index (χ2v) is 5.87. The van der Waals surface area contributed by atoms with E-state index in [1.165, 1.54) is 0 Å². The lowest BCUT2D eigenvalue weighted by atomic mass is 10.1. The molecular weight excluding hydrogens is 288 g/mol. The highest BCUT2D eigenvalue weighted by molar-refractivity contribution is 7.98. The van der Waals surface area contributed by atoms with Crippen LogP contribution in [0.15, 0.2) is 24.3 Å². The van der Waals surface area contributed by atoms with Crippen molar-refractivity contribution in [3.63, 3.8) is 0 Å². The molecule has 1 N–H and O–H groups in total. The maximum absolute atomic E-state index is 12.1. The molecule has 2 amide bonds. The van der Waals surface area contributed by atoms with Gasteiger partial charge in [-0.1, -0.05) is 12.1 Å². The number of nitrogens with one attached hydrogen (secondary N) is 1. The molecule has 0 aliphatic carbocycles. The molecule has 2 rings (SSSR count). The lowest BCUT2D eigenvalue weighted by Gasteiger charge is -2.35. The fraction of sp³-hybridized carbons (Fsp3) is 0.467. The van der Waals surface area contributed by atoms with Gasteiger partial charge in [-0.15, -0.1) is 0 Å². The van der Waals surface area contributed by atoms with Crippen LogP contribution in [0.2, 0.25) is 0 Å². The molecule has 1 aliphatic rings. The summed E-state index contributed by atoms with van der Waals surface area (Å²) in [6.07, 6.45) is 2.67. The summed E-state index contributed by atoms with van der Waals surface area (Å²) in [6.45, 7) is 0.542. The highest BCUT2D eigenvalue weighted by Gasteiger charge is 2.33. The monoisotopic (exact) mass is 308 g/mol. The number of thioether (sulfide) groups is 1. The van der Waals surface area contributed by atoms with Gasteiger partial charge in [0, 0.05) is 6.54 Å². The minimum atomic E-state index is -0.374. The van der Waals surface area contributed by atoms with Gasteiger partial charge in [0.2, 0.25) is 11.8 Å². The van der Waals surface area contributed by atoms with Gasteiger partial charge in [0.05, 0.1) is 13.7 Å². The lowest BCUT2D eigenvalue weighted by molar-refractivity contribution is -0.146. The maximum atomic E-state index is 12.1. The topological polar surface area (TPSA) is 58.6 Å². The Labute approximate surface area is 129 Å². The van der Waals surface area contributed by atoms with Crippen LogP contribution in [0.1, 0.15) is 12.0 Å². The van der Waals surface area contributed by atoms with E-state index in [-0.39, 0.29) is 24.4 Å². The van der Waals surface area contributed by atoms with Crippen molar-refractivity contribution < 1.29 is 14.3 Å². The van der Waals surface area contributed by atoms with Gasteiger partial charge < -0.3 is 15.0 Å². The molecule has 0 spiro atoms. The maximum Gasteiger partial charge on any atom is 0.243 e. The molecule has 0 saturated carbocycles.